The third-order valence-corrected chi connectivity index (χ3v) is 5.75. The molecule has 168 valence electrons. The minimum atomic E-state index is -0.596. The van der Waals surface area contributed by atoms with E-state index in [1.807, 2.05) is 6.92 Å². The van der Waals surface area contributed by atoms with Crippen molar-refractivity contribution in [1.82, 2.24) is 19.4 Å². The molecule has 0 radical (unpaired) electrons. The third-order valence-electron chi connectivity index (χ3n) is 5.50. The molecular formula is C23H25ClN4O4. The first-order valence-electron chi connectivity index (χ1n) is 10.7. The van der Waals surface area contributed by atoms with Crippen molar-refractivity contribution in [1.29, 1.82) is 0 Å². The molecule has 1 aliphatic rings. The minimum absolute atomic E-state index is 0.151. The number of halogens is 1. The maximum Gasteiger partial charge on any atom is 0.329 e. The Kier molecular flexibility index (Phi) is 6.32. The number of amides is 1. The number of fused-ring (bicyclic) bond motifs is 1. The molecule has 2 aromatic heterocycles. The molecule has 1 saturated carbocycles. The lowest BCUT2D eigenvalue weighted by Crippen LogP contribution is -2.35. The zero-order chi connectivity index (χ0) is 22.8. The predicted octanol–water partition coefficient (Wildman–Crippen LogP) is 3.18. The molecule has 32 heavy (non-hydrogen) atoms. The van der Waals surface area contributed by atoms with Crippen molar-refractivity contribution in [3.8, 4) is 5.75 Å². The van der Waals surface area contributed by atoms with Crippen molar-refractivity contribution in [2.75, 3.05) is 20.2 Å². The molecule has 0 bridgehead atoms. The number of ether oxygens (including phenoxy) is 1. The summed E-state index contributed by atoms with van der Waals surface area (Å²) in [5.41, 5.74) is 0.187. The molecule has 1 aromatic carbocycles. The Morgan fingerprint density at radius 3 is 2.66 bits per heavy atom. The van der Waals surface area contributed by atoms with E-state index >= 15 is 0 Å². The van der Waals surface area contributed by atoms with E-state index in [1.54, 1.807) is 37.4 Å². The number of nitrogens with one attached hydrogen (secondary N) is 1. The van der Waals surface area contributed by atoms with E-state index in [2.05, 4.69) is 9.97 Å². The van der Waals surface area contributed by atoms with Crippen molar-refractivity contribution in [2.45, 2.75) is 38.6 Å². The summed E-state index contributed by atoms with van der Waals surface area (Å²) in [5.74, 6) is 0.598. The number of rotatable bonds is 8. The second-order valence-corrected chi connectivity index (χ2v) is 8.44. The van der Waals surface area contributed by atoms with Crippen molar-refractivity contribution in [3.05, 3.63) is 67.4 Å². The SMILES string of the molecule is CCCn1c(=O)[nH]c(=O)c2c(C(=O)N(C)CCOc3ccc(Cl)cc3)cc(C3CC3)nc21. The topological polar surface area (TPSA) is 97.3 Å². The van der Waals surface area contributed by atoms with Crippen LogP contribution in [-0.4, -0.2) is 45.5 Å². The van der Waals surface area contributed by atoms with Crippen molar-refractivity contribution in [2.24, 2.45) is 0 Å². The molecule has 1 amide bonds. The molecule has 8 nitrogen and oxygen atoms in total. The monoisotopic (exact) mass is 456 g/mol. The second-order valence-electron chi connectivity index (χ2n) is 8.01. The molecule has 1 N–H and O–H groups in total. The summed E-state index contributed by atoms with van der Waals surface area (Å²) in [6, 6.07) is 8.69. The number of pyridine rings is 1. The highest BCUT2D eigenvalue weighted by atomic mass is 35.5. The maximum atomic E-state index is 13.3. The fourth-order valence-corrected chi connectivity index (χ4v) is 3.75. The van der Waals surface area contributed by atoms with Crippen LogP contribution >= 0.6 is 11.6 Å². The summed E-state index contributed by atoms with van der Waals surface area (Å²) in [5, 5.41) is 0.769. The first-order chi connectivity index (χ1) is 15.4. The Morgan fingerprint density at radius 1 is 1.28 bits per heavy atom. The lowest BCUT2D eigenvalue weighted by molar-refractivity contribution is 0.0775. The van der Waals surface area contributed by atoms with Crippen LogP contribution in [0.2, 0.25) is 5.02 Å². The van der Waals surface area contributed by atoms with E-state index in [4.69, 9.17) is 16.3 Å². The Hall–Kier alpha value is -3.13. The summed E-state index contributed by atoms with van der Waals surface area (Å²) in [6.07, 6.45) is 2.66. The predicted molar refractivity (Wildman–Crippen MR) is 123 cm³/mol. The maximum absolute atomic E-state index is 13.3. The molecule has 0 unspecified atom stereocenters. The van der Waals surface area contributed by atoms with E-state index in [0.717, 1.165) is 18.5 Å². The van der Waals surface area contributed by atoms with Crippen molar-refractivity contribution in [3.63, 3.8) is 0 Å². The van der Waals surface area contributed by atoms with E-state index < -0.39 is 11.2 Å². The molecule has 1 fully saturated rings. The van der Waals surface area contributed by atoms with Gasteiger partial charge in [0.05, 0.1) is 17.5 Å². The zero-order valence-corrected chi connectivity index (χ0v) is 18.8. The number of aromatic nitrogens is 3. The summed E-state index contributed by atoms with van der Waals surface area (Å²) in [6.45, 7) is 2.94. The number of aryl methyl sites for hydroxylation is 1. The fraction of sp³-hybridized carbons (Fsp3) is 0.391. The number of hydrogen-bond donors (Lipinski definition) is 1. The van der Waals surface area contributed by atoms with Gasteiger partial charge in [0.15, 0.2) is 5.65 Å². The van der Waals surface area contributed by atoms with Crippen LogP contribution in [0.15, 0.2) is 39.9 Å². The third kappa shape index (κ3) is 4.55. The molecule has 0 aliphatic heterocycles. The van der Waals surface area contributed by atoms with E-state index in [-0.39, 0.29) is 35.0 Å². The van der Waals surface area contributed by atoms with Gasteiger partial charge in [-0.25, -0.2) is 9.78 Å². The quantitative estimate of drug-likeness (QED) is 0.561. The van der Waals surface area contributed by atoms with Crippen molar-refractivity contribution >= 4 is 28.5 Å². The number of nitrogens with zero attached hydrogens (tertiary/aromatic N) is 3. The summed E-state index contributed by atoms with van der Waals surface area (Å²) in [4.78, 5) is 46.9. The van der Waals surface area contributed by atoms with E-state index in [0.29, 0.717) is 30.3 Å². The highest BCUT2D eigenvalue weighted by molar-refractivity contribution is 6.30. The van der Waals surface area contributed by atoms with Crippen LogP contribution in [0.3, 0.4) is 0 Å². The van der Waals surface area contributed by atoms with Crippen molar-refractivity contribution < 1.29 is 9.53 Å². The molecule has 3 aromatic rings. The highest BCUT2D eigenvalue weighted by Crippen LogP contribution is 2.40. The summed E-state index contributed by atoms with van der Waals surface area (Å²) < 4.78 is 7.14. The van der Waals surface area contributed by atoms with Crippen LogP contribution in [0.5, 0.6) is 5.75 Å². The van der Waals surface area contributed by atoms with Crippen LogP contribution in [0.1, 0.15) is 48.2 Å². The van der Waals surface area contributed by atoms with Gasteiger partial charge in [-0.1, -0.05) is 18.5 Å². The number of carbonyl (C=O) groups is 1. The Labute approximate surface area is 189 Å². The number of likely N-dealkylation sites (N-methyl/N-ethyl adjacent to an activating group) is 1. The largest absolute Gasteiger partial charge is 0.492 e. The van der Waals surface area contributed by atoms with Gasteiger partial charge >= 0.3 is 5.69 Å². The molecule has 1 aliphatic carbocycles. The van der Waals surface area contributed by atoms with Gasteiger partial charge in [-0.05, 0) is 49.6 Å². The summed E-state index contributed by atoms with van der Waals surface area (Å²) in [7, 11) is 1.66. The van der Waals surface area contributed by atoms with Crippen LogP contribution < -0.4 is 16.0 Å². The van der Waals surface area contributed by atoms with E-state index in [1.165, 1.54) is 9.47 Å². The van der Waals surface area contributed by atoms with Crippen LogP contribution in [0.4, 0.5) is 0 Å². The Bertz CT molecular complexity index is 1260. The van der Waals surface area contributed by atoms with Gasteiger partial charge in [-0.15, -0.1) is 0 Å². The average molecular weight is 457 g/mol. The number of benzene rings is 1. The Morgan fingerprint density at radius 2 is 2.00 bits per heavy atom. The van der Waals surface area contributed by atoms with Gasteiger partial charge in [-0.3, -0.25) is 19.1 Å². The minimum Gasteiger partial charge on any atom is -0.492 e. The zero-order valence-electron chi connectivity index (χ0n) is 18.1. The molecule has 0 atom stereocenters. The van der Waals surface area contributed by atoms with Crippen LogP contribution in [-0.2, 0) is 6.54 Å². The fourth-order valence-electron chi connectivity index (χ4n) is 3.62. The highest BCUT2D eigenvalue weighted by Gasteiger charge is 2.29. The lowest BCUT2D eigenvalue weighted by atomic mass is 10.1. The molecule has 0 spiro atoms. The standard InChI is InChI=1S/C23H25ClN4O4/c1-3-10-28-20-19(21(29)26-23(28)31)17(13-18(25-20)14-4-5-14)22(30)27(2)11-12-32-16-8-6-15(24)7-9-16/h6-9,13-14H,3-5,10-12H2,1-2H3,(H,26,29,31). The molecule has 0 saturated heterocycles. The molecule has 9 heteroatoms. The van der Waals surface area contributed by atoms with Gasteiger partial charge in [0.2, 0.25) is 0 Å². The van der Waals surface area contributed by atoms with Crippen LogP contribution in [0.25, 0.3) is 11.0 Å². The van der Waals surface area contributed by atoms with Gasteiger partial charge in [-0.2, -0.15) is 0 Å². The van der Waals surface area contributed by atoms with Gasteiger partial charge in [0.1, 0.15) is 12.4 Å². The van der Waals surface area contributed by atoms with Gasteiger partial charge in [0, 0.05) is 30.2 Å². The summed E-state index contributed by atoms with van der Waals surface area (Å²) >= 11 is 5.88. The first-order valence-corrected chi connectivity index (χ1v) is 11.1. The first kappa shape index (κ1) is 22.1. The molecule has 4 rings (SSSR count). The normalized spacial score (nSPS) is 13.3. The Balaban J connectivity index is 1.65. The molecular weight excluding hydrogens is 432 g/mol. The molecule has 2 heterocycles. The van der Waals surface area contributed by atoms with E-state index in [9.17, 15) is 14.4 Å². The number of aromatic amines is 1. The second kappa shape index (κ2) is 9.16. The van der Waals surface area contributed by atoms with Gasteiger partial charge in [0.25, 0.3) is 11.5 Å². The smallest absolute Gasteiger partial charge is 0.329 e. The lowest BCUT2D eigenvalue weighted by Gasteiger charge is -2.19. The average Bonchev–Trinajstić information content (AvgIpc) is 3.62. The number of carbonyl (C=O) groups excluding carboxylic acids is 1. The van der Waals surface area contributed by atoms with Crippen LogP contribution in [0, 0.1) is 0 Å². The number of H-pyrrole nitrogens is 1. The number of hydrogen-bond acceptors (Lipinski definition) is 5. The van der Waals surface area contributed by atoms with Gasteiger partial charge < -0.3 is 9.64 Å².